The molecule has 10 heteroatoms. The molecule has 18 heavy (non-hydrogen) atoms. The van der Waals surface area contributed by atoms with E-state index in [1.807, 2.05) is 0 Å². The molecule has 106 valence electrons. The number of alkyl halides is 2. The Hall–Kier alpha value is 1.56. The van der Waals surface area contributed by atoms with E-state index in [0.29, 0.717) is 0 Å². The second-order valence-electron chi connectivity index (χ2n) is 4.46. The van der Waals surface area contributed by atoms with Gasteiger partial charge in [-0.3, -0.25) is 0 Å². The number of sulfone groups is 2. The number of halogens is 2. The van der Waals surface area contributed by atoms with Gasteiger partial charge in [-0.15, -0.1) is 0 Å². The molecule has 0 radical (unpaired) electrons. The minimum Gasteiger partial charge on any atom is -0.229 e. The first kappa shape index (κ1) is 15.9. The van der Waals surface area contributed by atoms with Crippen LogP contribution < -0.4 is 0 Å². The fraction of sp³-hybridized carbons (Fsp3) is 1.00. The molecule has 0 saturated carbocycles. The molecule has 0 aromatic rings. The van der Waals surface area contributed by atoms with Crippen LogP contribution in [0.2, 0.25) is 0 Å². The van der Waals surface area contributed by atoms with E-state index in [4.69, 9.17) is 0 Å². The van der Waals surface area contributed by atoms with Gasteiger partial charge in [-0.1, -0.05) is 53.4 Å². The number of hydrogen-bond acceptors (Lipinski definition) is 6. The predicted molar refractivity (Wildman–Crippen MR) is 85.5 cm³/mol. The first-order chi connectivity index (χ1) is 8.19. The highest BCUT2D eigenvalue weighted by Crippen LogP contribution is 2.43. The molecular weight excluding hydrogens is 448 g/mol. The Kier molecular flexibility index (Phi) is 5.09. The van der Waals surface area contributed by atoms with Crippen LogP contribution in [-0.4, -0.2) is 60.0 Å². The van der Waals surface area contributed by atoms with E-state index in [0.717, 1.165) is 0 Å². The van der Waals surface area contributed by atoms with Crippen molar-refractivity contribution < 1.29 is 16.8 Å². The molecule has 2 saturated heterocycles. The Morgan fingerprint density at radius 1 is 0.722 bits per heavy atom. The zero-order chi connectivity index (χ0) is 13.6. The Morgan fingerprint density at radius 2 is 1.06 bits per heavy atom. The van der Waals surface area contributed by atoms with Gasteiger partial charge in [0.2, 0.25) is 0 Å². The largest absolute Gasteiger partial charge is 0.229 e. The molecule has 0 spiro atoms. The van der Waals surface area contributed by atoms with Crippen LogP contribution in [0.4, 0.5) is 0 Å². The van der Waals surface area contributed by atoms with Gasteiger partial charge in [-0.25, -0.2) is 16.8 Å². The first-order valence-corrected chi connectivity index (χ1v) is 12.9. The van der Waals surface area contributed by atoms with Gasteiger partial charge >= 0.3 is 0 Å². The summed E-state index contributed by atoms with van der Waals surface area (Å²) in [6.07, 6.45) is 0. The van der Waals surface area contributed by atoms with Crippen molar-refractivity contribution >= 4 is 73.1 Å². The highest BCUT2D eigenvalue weighted by atomic mass is 79.9. The van der Waals surface area contributed by atoms with Crippen LogP contribution in [0.5, 0.6) is 0 Å². The van der Waals surface area contributed by atoms with Crippen LogP contribution in [0.15, 0.2) is 0 Å². The molecule has 0 N–H and O–H groups in total. The van der Waals surface area contributed by atoms with Crippen molar-refractivity contribution in [1.29, 1.82) is 0 Å². The van der Waals surface area contributed by atoms with Gasteiger partial charge in [0.05, 0.1) is 23.0 Å². The zero-order valence-electron chi connectivity index (χ0n) is 9.16. The SMILES string of the molecule is O=S1(=O)C[C@@H](Br)[C@H](SS[C@@H]2CS(=O)(=O)C[C@@H]2Br)C1. The average molecular weight is 460 g/mol. The molecule has 4 nitrogen and oxygen atoms in total. The van der Waals surface area contributed by atoms with E-state index in [1.54, 1.807) is 0 Å². The molecule has 2 fully saturated rings. The van der Waals surface area contributed by atoms with Crippen LogP contribution in [0.25, 0.3) is 0 Å². The molecule has 2 heterocycles. The van der Waals surface area contributed by atoms with E-state index in [9.17, 15) is 16.8 Å². The second kappa shape index (κ2) is 5.75. The van der Waals surface area contributed by atoms with Crippen molar-refractivity contribution in [2.45, 2.75) is 20.2 Å². The second-order valence-corrected chi connectivity index (χ2v) is 13.9. The fourth-order valence-electron chi connectivity index (χ4n) is 1.86. The average Bonchev–Trinajstić information content (AvgIpc) is 2.59. The summed E-state index contributed by atoms with van der Waals surface area (Å²) in [5.74, 6) is 0.692. The summed E-state index contributed by atoms with van der Waals surface area (Å²) in [7, 11) is -2.89. The standard InChI is InChI=1S/C8H12Br2O4S4/c9-5-1-17(11,12)3-7(5)15-16-8-4-18(13,14)2-6(8)10/h5-8H,1-4H2/t5-,6+,7-,8-/m1/s1. The summed E-state index contributed by atoms with van der Waals surface area (Å²) < 4.78 is 45.8. The molecule has 4 atom stereocenters. The molecule has 0 amide bonds. The van der Waals surface area contributed by atoms with E-state index in [2.05, 4.69) is 31.9 Å². The Bertz CT molecular complexity index is 469. The van der Waals surface area contributed by atoms with E-state index in [1.165, 1.54) is 21.6 Å². The van der Waals surface area contributed by atoms with Crippen molar-refractivity contribution in [3.63, 3.8) is 0 Å². The molecule has 2 rings (SSSR count). The summed E-state index contributed by atoms with van der Waals surface area (Å²) in [6.45, 7) is 0. The topological polar surface area (TPSA) is 68.3 Å². The third-order valence-corrected chi connectivity index (χ3v) is 13.6. The predicted octanol–water partition coefficient (Wildman–Crippen LogP) is 1.49. The minimum absolute atomic E-state index is 0.00278. The highest BCUT2D eigenvalue weighted by molar-refractivity contribution is 9.10. The molecule has 0 unspecified atom stereocenters. The summed E-state index contributed by atoms with van der Waals surface area (Å²) >= 11 is 6.77. The van der Waals surface area contributed by atoms with Gasteiger partial charge in [0, 0.05) is 20.2 Å². The third kappa shape index (κ3) is 4.03. The lowest BCUT2D eigenvalue weighted by Crippen LogP contribution is -2.17. The minimum atomic E-state index is -2.94. The Balaban J connectivity index is 1.90. The molecule has 0 bridgehead atoms. The maximum atomic E-state index is 11.5. The summed E-state index contributed by atoms with van der Waals surface area (Å²) in [6, 6.07) is 0. The smallest absolute Gasteiger partial charge is 0.152 e. The van der Waals surface area contributed by atoms with Crippen LogP contribution in [-0.2, 0) is 19.7 Å². The van der Waals surface area contributed by atoms with Crippen molar-refractivity contribution in [1.82, 2.24) is 0 Å². The van der Waals surface area contributed by atoms with Crippen molar-refractivity contribution in [2.75, 3.05) is 23.0 Å². The molecule has 0 aliphatic carbocycles. The lowest BCUT2D eigenvalue weighted by Gasteiger charge is -2.15. The van der Waals surface area contributed by atoms with Crippen molar-refractivity contribution in [3.8, 4) is 0 Å². The maximum Gasteiger partial charge on any atom is 0.152 e. The van der Waals surface area contributed by atoms with E-state index in [-0.39, 0.29) is 43.2 Å². The quantitative estimate of drug-likeness (QED) is 0.470. The first-order valence-electron chi connectivity index (χ1n) is 5.20. The molecule has 0 aromatic heterocycles. The van der Waals surface area contributed by atoms with Gasteiger partial charge in [-0.2, -0.15) is 0 Å². The van der Waals surface area contributed by atoms with Crippen LogP contribution in [0, 0.1) is 0 Å². The van der Waals surface area contributed by atoms with Crippen LogP contribution in [0.1, 0.15) is 0 Å². The van der Waals surface area contributed by atoms with Gasteiger partial charge in [0.25, 0.3) is 0 Å². The molecule has 2 aliphatic heterocycles. The fourth-order valence-corrected chi connectivity index (χ4v) is 15.1. The monoisotopic (exact) mass is 458 g/mol. The number of rotatable bonds is 3. The van der Waals surface area contributed by atoms with E-state index >= 15 is 0 Å². The van der Waals surface area contributed by atoms with E-state index < -0.39 is 19.7 Å². The molecular formula is C8H12Br2O4S4. The lowest BCUT2D eigenvalue weighted by molar-refractivity contribution is 0.600. The number of hydrogen-bond donors (Lipinski definition) is 0. The lowest BCUT2D eigenvalue weighted by atomic mass is 10.4. The molecule has 0 aromatic carbocycles. The normalized spacial score (nSPS) is 42.1. The highest BCUT2D eigenvalue weighted by Gasteiger charge is 2.40. The van der Waals surface area contributed by atoms with Crippen molar-refractivity contribution in [3.05, 3.63) is 0 Å². The van der Waals surface area contributed by atoms with Crippen molar-refractivity contribution in [2.24, 2.45) is 0 Å². The Labute approximate surface area is 132 Å². The summed E-state index contributed by atoms with van der Waals surface area (Å²) in [5, 5.41) is 0.00556. The summed E-state index contributed by atoms with van der Waals surface area (Å²) in [4.78, 5) is -0.0708. The van der Waals surface area contributed by atoms with Gasteiger partial charge in [-0.05, 0) is 0 Å². The summed E-state index contributed by atoms with van der Waals surface area (Å²) in [5.41, 5.74) is 0. The van der Waals surface area contributed by atoms with Crippen LogP contribution >= 0.6 is 53.4 Å². The zero-order valence-corrected chi connectivity index (χ0v) is 15.6. The van der Waals surface area contributed by atoms with Gasteiger partial charge < -0.3 is 0 Å². The van der Waals surface area contributed by atoms with Gasteiger partial charge in [0.1, 0.15) is 0 Å². The van der Waals surface area contributed by atoms with Gasteiger partial charge in [0.15, 0.2) is 19.7 Å². The Morgan fingerprint density at radius 3 is 1.28 bits per heavy atom. The third-order valence-electron chi connectivity index (χ3n) is 2.77. The maximum absolute atomic E-state index is 11.5. The van der Waals surface area contributed by atoms with Crippen LogP contribution in [0.3, 0.4) is 0 Å². The molecule has 2 aliphatic rings.